The van der Waals surface area contributed by atoms with E-state index >= 15 is 0 Å². The lowest BCUT2D eigenvalue weighted by molar-refractivity contribution is 0.0519. The topological polar surface area (TPSA) is 66.2 Å². The average molecular weight is 401 g/mol. The number of hydrogen-bond acceptors (Lipinski definition) is 5. The van der Waals surface area contributed by atoms with Gasteiger partial charge in [0.15, 0.2) is 0 Å². The number of hydrogen-bond donors (Lipinski definition) is 0. The molecule has 1 aromatic carbocycles. The van der Waals surface area contributed by atoms with E-state index in [4.69, 9.17) is 13.8 Å². The Morgan fingerprint density at radius 1 is 0.929 bits per heavy atom. The van der Waals surface area contributed by atoms with E-state index in [2.05, 4.69) is 0 Å². The molecule has 0 aliphatic rings. The summed E-state index contributed by atoms with van der Waals surface area (Å²) in [4.78, 5) is 12.9. The minimum atomic E-state index is -3.69. The van der Waals surface area contributed by atoms with Crippen molar-refractivity contribution in [1.82, 2.24) is 4.40 Å². The lowest BCUT2D eigenvalue weighted by atomic mass is 10.1. The maximum Gasteiger partial charge on any atom is 0.364 e. The number of benzene rings is 1. The van der Waals surface area contributed by atoms with E-state index in [0.29, 0.717) is 22.1 Å². The van der Waals surface area contributed by atoms with E-state index in [1.54, 1.807) is 43.5 Å². The summed E-state index contributed by atoms with van der Waals surface area (Å²) < 4.78 is 32.1. The number of ether oxygens (including phenoxy) is 1. The van der Waals surface area contributed by atoms with Gasteiger partial charge in [0.1, 0.15) is 5.69 Å². The Kier molecular flexibility index (Phi) is 6.35. The summed E-state index contributed by atoms with van der Waals surface area (Å²) in [7, 11) is -3.69. The molecule has 0 aliphatic carbocycles. The monoisotopic (exact) mass is 401 g/mol. The zero-order chi connectivity index (χ0) is 20.1. The normalized spacial score (nSPS) is 11.7. The highest BCUT2D eigenvalue weighted by molar-refractivity contribution is 7.63. The molecule has 28 heavy (non-hydrogen) atoms. The van der Waals surface area contributed by atoms with Crippen LogP contribution in [0.1, 0.15) is 31.3 Å². The molecule has 0 saturated heterocycles. The van der Waals surface area contributed by atoms with Crippen molar-refractivity contribution in [3.05, 3.63) is 60.4 Å². The Labute approximate surface area is 164 Å². The predicted octanol–water partition coefficient (Wildman–Crippen LogP) is 4.67. The molecule has 2 aromatic heterocycles. The maximum absolute atomic E-state index is 13.8. The molecule has 3 rings (SSSR count). The molecule has 0 radical (unpaired) electrons. The number of fused-ring (bicyclic) bond motifs is 1. The SMILES string of the molecule is CCOC(=O)c1c(-c2ccccc2)c(P(=O)(OCC)OCC)c2ccccn12. The fourth-order valence-corrected chi connectivity index (χ4v) is 5.24. The Bertz CT molecular complexity index is 1000. The number of carbonyl (C=O) groups excluding carboxylic acids is 1. The van der Waals surface area contributed by atoms with Crippen molar-refractivity contribution >= 4 is 24.4 Å². The van der Waals surface area contributed by atoms with E-state index in [-0.39, 0.29) is 19.8 Å². The molecule has 0 unspecified atom stereocenters. The minimum Gasteiger partial charge on any atom is -0.461 e. The summed E-state index contributed by atoms with van der Waals surface area (Å²) in [5, 5.41) is 0.381. The van der Waals surface area contributed by atoms with E-state index in [9.17, 15) is 9.36 Å². The lowest BCUT2D eigenvalue weighted by Gasteiger charge is -2.18. The molecule has 148 valence electrons. The second-order valence-corrected chi connectivity index (χ2v) is 7.91. The van der Waals surface area contributed by atoms with Crippen molar-refractivity contribution in [2.45, 2.75) is 20.8 Å². The van der Waals surface area contributed by atoms with Gasteiger partial charge in [-0.2, -0.15) is 0 Å². The fraction of sp³-hybridized carbons (Fsp3) is 0.286. The molecule has 0 N–H and O–H groups in total. The zero-order valence-electron chi connectivity index (χ0n) is 16.3. The Morgan fingerprint density at radius 2 is 1.57 bits per heavy atom. The van der Waals surface area contributed by atoms with Crippen LogP contribution in [-0.2, 0) is 18.3 Å². The first kappa shape index (κ1) is 20.3. The summed E-state index contributed by atoms with van der Waals surface area (Å²) in [6, 6.07) is 14.8. The molecule has 6 nitrogen and oxygen atoms in total. The zero-order valence-corrected chi connectivity index (χ0v) is 17.1. The third-order valence-electron chi connectivity index (χ3n) is 4.22. The second-order valence-electron chi connectivity index (χ2n) is 5.95. The quantitative estimate of drug-likeness (QED) is 0.405. The van der Waals surface area contributed by atoms with Crippen LogP contribution in [0.4, 0.5) is 0 Å². The molecular formula is C21H24NO5P. The molecule has 7 heteroatoms. The van der Waals surface area contributed by atoms with Crippen molar-refractivity contribution in [3.63, 3.8) is 0 Å². The van der Waals surface area contributed by atoms with E-state index in [0.717, 1.165) is 5.56 Å². The standard InChI is InChI=1S/C21H24NO5P/c1-4-25-21(23)19-18(16-12-8-7-9-13-16)20(17-14-10-11-15-22(17)19)28(24,26-5-2)27-6-3/h7-15H,4-6H2,1-3H3. The smallest absolute Gasteiger partial charge is 0.364 e. The van der Waals surface area contributed by atoms with Gasteiger partial charge in [-0.15, -0.1) is 0 Å². The molecule has 0 spiro atoms. The minimum absolute atomic E-state index is 0.213. The lowest BCUT2D eigenvalue weighted by Crippen LogP contribution is -2.14. The van der Waals surface area contributed by atoms with E-state index < -0.39 is 13.6 Å². The van der Waals surface area contributed by atoms with Crippen molar-refractivity contribution in [3.8, 4) is 11.1 Å². The van der Waals surface area contributed by atoms with Gasteiger partial charge in [0.25, 0.3) is 0 Å². The second kappa shape index (κ2) is 8.74. The van der Waals surface area contributed by atoms with Crippen LogP contribution in [0, 0.1) is 0 Å². The van der Waals surface area contributed by atoms with E-state index in [1.165, 1.54) is 0 Å². The van der Waals surface area contributed by atoms with Crippen LogP contribution in [0.3, 0.4) is 0 Å². The fourth-order valence-electron chi connectivity index (χ4n) is 3.25. The van der Waals surface area contributed by atoms with Gasteiger partial charge in [-0.3, -0.25) is 4.57 Å². The van der Waals surface area contributed by atoms with Crippen LogP contribution in [0.15, 0.2) is 54.7 Å². The molecule has 2 heterocycles. The van der Waals surface area contributed by atoms with Crippen molar-refractivity contribution in [2.75, 3.05) is 19.8 Å². The van der Waals surface area contributed by atoms with Crippen LogP contribution in [-0.4, -0.2) is 30.2 Å². The molecule has 0 saturated carbocycles. The number of pyridine rings is 1. The van der Waals surface area contributed by atoms with Gasteiger partial charge in [-0.1, -0.05) is 36.4 Å². The van der Waals surface area contributed by atoms with Crippen LogP contribution < -0.4 is 5.30 Å². The predicted molar refractivity (Wildman–Crippen MR) is 109 cm³/mol. The third-order valence-corrected chi connectivity index (χ3v) is 6.42. The molecule has 0 fully saturated rings. The number of aromatic nitrogens is 1. The van der Waals surface area contributed by atoms with Gasteiger partial charge in [0, 0.05) is 11.8 Å². The molecule has 3 aromatic rings. The van der Waals surface area contributed by atoms with Crippen molar-refractivity contribution in [2.24, 2.45) is 0 Å². The van der Waals surface area contributed by atoms with Gasteiger partial charge >= 0.3 is 13.6 Å². The first-order valence-corrected chi connectivity index (χ1v) is 10.9. The Morgan fingerprint density at radius 3 is 2.18 bits per heavy atom. The number of carbonyl (C=O) groups is 1. The Balaban J connectivity index is 2.45. The summed E-state index contributed by atoms with van der Waals surface area (Å²) in [6.45, 7) is 5.94. The summed E-state index contributed by atoms with van der Waals surface area (Å²) in [5.74, 6) is -0.492. The van der Waals surface area contributed by atoms with Gasteiger partial charge in [0.05, 0.1) is 30.6 Å². The van der Waals surface area contributed by atoms with Crippen LogP contribution in [0.5, 0.6) is 0 Å². The molecule has 0 bridgehead atoms. The molecule has 0 atom stereocenters. The summed E-state index contributed by atoms with van der Waals surface area (Å²) in [5.41, 5.74) is 2.15. The van der Waals surface area contributed by atoms with Crippen LogP contribution in [0.25, 0.3) is 16.6 Å². The first-order valence-electron chi connectivity index (χ1n) is 9.32. The third kappa shape index (κ3) is 3.63. The average Bonchev–Trinajstić information content (AvgIpc) is 3.05. The Hall–Kier alpha value is -2.40. The summed E-state index contributed by atoms with van der Waals surface area (Å²) in [6.07, 6.45) is 1.75. The maximum atomic E-state index is 13.8. The van der Waals surface area contributed by atoms with Gasteiger partial charge in [-0.25, -0.2) is 4.79 Å². The van der Waals surface area contributed by atoms with Crippen molar-refractivity contribution in [1.29, 1.82) is 0 Å². The van der Waals surface area contributed by atoms with Crippen LogP contribution in [0.2, 0.25) is 0 Å². The van der Waals surface area contributed by atoms with E-state index in [1.807, 2.05) is 36.4 Å². The molecule has 0 amide bonds. The first-order chi connectivity index (χ1) is 13.6. The van der Waals surface area contributed by atoms with Gasteiger partial charge in [0.2, 0.25) is 0 Å². The summed E-state index contributed by atoms with van der Waals surface area (Å²) >= 11 is 0. The van der Waals surface area contributed by atoms with Crippen LogP contribution >= 0.6 is 7.60 Å². The number of nitrogens with zero attached hydrogens (tertiary/aromatic N) is 1. The van der Waals surface area contributed by atoms with Gasteiger partial charge < -0.3 is 18.2 Å². The largest absolute Gasteiger partial charge is 0.461 e. The highest BCUT2D eigenvalue weighted by Gasteiger charge is 2.38. The van der Waals surface area contributed by atoms with Gasteiger partial charge in [-0.05, 0) is 38.5 Å². The molecule has 0 aliphatic heterocycles. The number of rotatable bonds is 8. The highest BCUT2D eigenvalue weighted by atomic mass is 31.2. The highest BCUT2D eigenvalue weighted by Crippen LogP contribution is 2.51. The molecular weight excluding hydrogens is 377 g/mol. The number of esters is 1. The van der Waals surface area contributed by atoms with Crippen molar-refractivity contribution < 1.29 is 23.1 Å².